The molecule has 19 heavy (non-hydrogen) atoms. The highest BCUT2D eigenvalue weighted by Crippen LogP contribution is 2.38. The molecular formula is C11H14N4O4. The summed E-state index contributed by atoms with van der Waals surface area (Å²) in [5.74, 6) is 0.995. The maximum absolute atomic E-state index is 11.9. The quantitative estimate of drug-likeness (QED) is 0.343. The lowest BCUT2D eigenvalue weighted by molar-refractivity contribution is -0.207. The minimum atomic E-state index is -0.963. The molecule has 0 aromatic carbocycles. The van der Waals surface area contributed by atoms with Gasteiger partial charge in [-0.1, -0.05) is 11.0 Å². The molecule has 0 saturated carbocycles. The topological polar surface area (TPSA) is 106 Å². The van der Waals surface area contributed by atoms with Gasteiger partial charge in [0.05, 0.1) is 6.54 Å². The van der Waals surface area contributed by atoms with E-state index in [2.05, 4.69) is 21.3 Å². The van der Waals surface area contributed by atoms with Gasteiger partial charge in [-0.25, -0.2) is 0 Å². The predicted octanol–water partition coefficient (Wildman–Crippen LogP) is 0.291. The van der Waals surface area contributed by atoms with Crippen LogP contribution < -0.4 is 5.32 Å². The van der Waals surface area contributed by atoms with E-state index in [1.54, 1.807) is 13.8 Å². The number of carbonyl (C=O) groups is 1. The van der Waals surface area contributed by atoms with Crippen LogP contribution in [0, 0.1) is 12.3 Å². The number of azide groups is 1. The number of ether oxygens (including phenoxy) is 3. The average Bonchev–Trinajstić information content (AvgIpc) is 2.80. The molecule has 102 valence electrons. The Morgan fingerprint density at radius 2 is 2.32 bits per heavy atom. The van der Waals surface area contributed by atoms with Crippen LogP contribution in [0.25, 0.3) is 10.4 Å². The number of nitrogens with zero attached hydrogens (tertiary/aromatic N) is 3. The zero-order valence-electron chi connectivity index (χ0n) is 10.6. The highest BCUT2D eigenvalue weighted by Gasteiger charge is 2.56. The molecular weight excluding hydrogens is 252 g/mol. The molecule has 0 aliphatic carbocycles. The second kappa shape index (κ2) is 5.07. The maximum atomic E-state index is 11.9. The molecule has 1 N–H and O–H groups in total. The van der Waals surface area contributed by atoms with Crippen LogP contribution in [0.3, 0.4) is 0 Å². The van der Waals surface area contributed by atoms with Gasteiger partial charge in [0.25, 0.3) is 5.91 Å². The Kier molecular flexibility index (Phi) is 3.64. The lowest BCUT2D eigenvalue weighted by Gasteiger charge is -2.22. The van der Waals surface area contributed by atoms with Crippen LogP contribution in [0.1, 0.15) is 13.8 Å². The van der Waals surface area contributed by atoms with Gasteiger partial charge in [-0.15, -0.1) is 6.42 Å². The van der Waals surface area contributed by atoms with E-state index < -0.39 is 36.2 Å². The first-order valence-corrected chi connectivity index (χ1v) is 5.75. The molecule has 2 aliphatic heterocycles. The third-order valence-electron chi connectivity index (χ3n) is 2.82. The number of fused-ring (bicyclic) bond motifs is 1. The van der Waals surface area contributed by atoms with E-state index in [0.29, 0.717) is 0 Å². The van der Waals surface area contributed by atoms with Gasteiger partial charge in [-0.3, -0.25) is 4.79 Å². The SMILES string of the molecule is C#CCNC(=O)[C@H]1O[C@@H]2OC(C)(C)O[C@@H]2[C@@H]1N=[N+]=[N-]. The van der Waals surface area contributed by atoms with Crippen LogP contribution in [-0.2, 0) is 19.0 Å². The fourth-order valence-corrected chi connectivity index (χ4v) is 2.13. The third-order valence-corrected chi connectivity index (χ3v) is 2.82. The molecule has 2 aliphatic rings. The van der Waals surface area contributed by atoms with E-state index >= 15 is 0 Å². The normalized spacial score (nSPS) is 35.0. The van der Waals surface area contributed by atoms with Crippen molar-refractivity contribution in [2.45, 2.75) is 44.2 Å². The average molecular weight is 266 g/mol. The summed E-state index contributed by atoms with van der Waals surface area (Å²) < 4.78 is 16.5. The number of hydrogen-bond acceptors (Lipinski definition) is 5. The number of hydrogen-bond donors (Lipinski definition) is 1. The highest BCUT2D eigenvalue weighted by atomic mass is 16.8. The van der Waals surface area contributed by atoms with E-state index in [-0.39, 0.29) is 6.54 Å². The Labute approximate surface area is 110 Å². The summed E-state index contributed by atoms with van der Waals surface area (Å²) in [7, 11) is 0. The predicted molar refractivity (Wildman–Crippen MR) is 63.5 cm³/mol. The molecule has 2 fully saturated rings. The van der Waals surface area contributed by atoms with Crippen molar-refractivity contribution in [3.8, 4) is 12.3 Å². The minimum absolute atomic E-state index is 0.0736. The van der Waals surface area contributed by atoms with Gasteiger partial charge < -0.3 is 19.5 Å². The van der Waals surface area contributed by atoms with Crippen molar-refractivity contribution in [3.63, 3.8) is 0 Å². The van der Waals surface area contributed by atoms with Crippen molar-refractivity contribution < 1.29 is 19.0 Å². The minimum Gasteiger partial charge on any atom is -0.343 e. The number of rotatable bonds is 3. The molecule has 0 aromatic heterocycles. The van der Waals surface area contributed by atoms with Gasteiger partial charge in [0.2, 0.25) is 0 Å². The van der Waals surface area contributed by atoms with Crippen LogP contribution >= 0.6 is 0 Å². The largest absolute Gasteiger partial charge is 0.343 e. The first kappa shape index (κ1) is 13.6. The molecule has 0 radical (unpaired) electrons. The van der Waals surface area contributed by atoms with Crippen LogP contribution in [0.5, 0.6) is 0 Å². The molecule has 8 heteroatoms. The molecule has 0 aromatic rings. The van der Waals surface area contributed by atoms with Gasteiger partial charge >= 0.3 is 0 Å². The summed E-state index contributed by atoms with van der Waals surface area (Å²) in [6, 6.07) is -0.783. The van der Waals surface area contributed by atoms with Crippen molar-refractivity contribution in [2.75, 3.05) is 6.54 Å². The molecule has 2 heterocycles. The third kappa shape index (κ3) is 2.64. The number of nitrogens with one attached hydrogen (secondary N) is 1. The fourth-order valence-electron chi connectivity index (χ4n) is 2.13. The van der Waals surface area contributed by atoms with E-state index in [4.69, 9.17) is 26.2 Å². The summed E-state index contributed by atoms with van der Waals surface area (Å²) in [5, 5.41) is 6.06. The molecule has 0 bridgehead atoms. The molecule has 0 spiro atoms. The van der Waals surface area contributed by atoms with Gasteiger partial charge in [-0.2, -0.15) is 0 Å². The van der Waals surface area contributed by atoms with Crippen molar-refractivity contribution >= 4 is 5.91 Å². The van der Waals surface area contributed by atoms with Gasteiger partial charge in [0, 0.05) is 4.91 Å². The molecule has 8 nitrogen and oxygen atoms in total. The van der Waals surface area contributed by atoms with Crippen molar-refractivity contribution in [1.29, 1.82) is 0 Å². The van der Waals surface area contributed by atoms with Crippen molar-refractivity contribution in [3.05, 3.63) is 10.4 Å². The zero-order valence-corrected chi connectivity index (χ0v) is 10.6. The summed E-state index contributed by atoms with van der Waals surface area (Å²) in [5.41, 5.74) is 8.59. The van der Waals surface area contributed by atoms with Gasteiger partial charge in [0.15, 0.2) is 18.2 Å². The van der Waals surface area contributed by atoms with E-state index in [0.717, 1.165) is 0 Å². The summed E-state index contributed by atoms with van der Waals surface area (Å²) in [4.78, 5) is 14.6. The van der Waals surface area contributed by atoms with Crippen LogP contribution in [0.15, 0.2) is 5.11 Å². The number of carbonyl (C=O) groups excluding carboxylic acids is 1. The second-order valence-electron chi connectivity index (χ2n) is 4.64. The molecule has 1 amide bonds. The van der Waals surface area contributed by atoms with Crippen molar-refractivity contribution in [1.82, 2.24) is 5.32 Å². The zero-order chi connectivity index (χ0) is 14.0. The Bertz CT molecular complexity index is 466. The molecule has 0 unspecified atom stereocenters. The Balaban J connectivity index is 2.13. The van der Waals surface area contributed by atoms with Crippen LogP contribution in [-0.4, -0.2) is 42.8 Å². The standard InChI is InChI=1S/C11H14N4O4/c1-4-5-13-9(16)7-6(14-15-12)8-10(17-7)19-11(2,3)18-8/h1,6-8,10H,5H2,2-3H3,(H,13,16)/t6-,7+,8-,10-/m1/s1. The lowest BCUT2D eigenvalue weighted by Crippen LogP contribution is -2.43. The lowest BCUT2D eigenvalue weighted by atomic mass is 10.1. The maximum Gasteiger partial charge on any atom is 0.250 e. The monoisotopic (exact) mass is 266 g/mol. The summed E-state index contributed by atoms with van der Waals surface area (Å²) >= 11 is 0. The van der Waals surface area contributed by atoms with E-state index in [1.165, 1.54) is 0 Å². The van der Waals surface area contributed by atoms with E-state index in [1.807, 2.05) is 0 Å². The molecule has 2 rings (SSSR count). The Hall–Kier alpha value is -1.78. The fraction of sp³-hybridized carbons (Fsp3) is 0.727. The second-order valence-corrected chi connectivity index (χ2v) is 4.64. The highest BCUT2D eigenvalue weighted by molar-refractivity contribution is 5.82. The van der Waals surface area contributed by atoms with Crippen molar-refractivity contribution in [2.24, 2.45) is 5.11 Å². The Morgan fingerprint density at radius 1 is 1.58 bits per heavy atom. The van der Waals surface area contributed by atoms with E-state index in [9.17, 15) is 4.79 Å². The first-order chi connectivity index (χ1) is 8.98. The van der Waals surface area contributed by atoms with Crippen LogP contribution in [0.4, 0.5) is 0 Å². The van der Waals surface area contributed by atoms with Crippen LogP contribution in [0.2, 0.25) is 0 Å². The Morgan fingerprint density at radius 3 is 2.95 bits per heavy atom. The number of amides is 1. The molecule has 2 saturated heterocycles. The first-order valence-electron chi connectivity index (χ1n) is 5.75. The summed E-state index contributed by atoms with van der Waals surface area (Å²) in [6.07, 6.45) is 2.76. The van der Waals surface area contributed by atoms with Gasteiger partial charge in [-0.05, 0) is 19.4 Å². The smallest absolute Gasteiger partial charge is 0.250 e. The molecule has 4 atom stereocenters. The van der Waals surface area contributed by atoms with Gasteiger partial charge in [0.1, 0.15) is 12.1 Å². The summed E-state index contributed by atoms with van der Waals surface area (Å²) in [6.45, 7) is 3.51. The number of terminal acetylenes is 1.